The van der Waals surface area contributed by atoms with Gasteiger partial charge in [-0.1, -0.05) is 12.1 Å². The van der Waals surface area contributed by atoms with Crippen LogP contribution in [0.2, 0.25) is 0 Å². The summed E-state index contributed by atoms with van der Waals surface area (Å²) in [7, 11) is 3.15. The van der Waals surface area contributed by atoms with E-state index in [1.54, 1.807) is 62.8 Å². The molecule has 0 saturated carbocycles. The number of rotatable bonds is 8. The Morgan fingerprint density at radius 2 is 1.46 bits per heavy atom. The van der Waals surface area contributed by atoms with Crippen molar-refractivity contribution in [3.63, 3.8) is 0 Å². The summed E-state index contributed by atoms with van der Waals surface area (Å²) in [5.74, 6) is 1.36. The van der Waals surface area contributed by atoms with Gasteiger partial charge in [0, 0.05) is 0 Å². The summed E-state index contributed by atoms with van der Waals surface area (Å²) in [6.07, 6.45) is 1.46. The standard InChI is InChI=1S/C20H19NO5/c1-23-17-5-3-15(4-6-17)13-16(14-21)20(22)26-12-11-25-19-9-7-18(24-2)8-10-19/h3-10,13H,11-12H2,1-2H3/b16-13+. The van der Waals surface area contributed by atoms with Crippen molar-refractivity contribution >= 4 is 12.0 Å². The van der Waals surface area contributed by atoms with Crippen LogP contribution in [0.3, 0.4) is 0 Å². The van der Waals surface area contributed by atoms with Gasteiger partial charge in [0.15, 0.2) is 0 Å². The fraction of sp³-hybridized carbons (Fsp3) is 0.200. The number of hydrogen-bond acceptors (Lipinski definition) is 6. The van der Waals surface area contributed by atoms with E-state index in [-0.39, 0.29) is 18.8 Å². The van der Waals surface area contributed by atoms with Gasteiger partial charge in [-0.3, -0.25) is 0 Å². The Morgan fingerprint density at radius 1 is 0.923 bits per heavy atom. The molecule has 0 unspecified atom stereocenters. The van der Waals surface area contributed by atoms with E-state index in [1.807, 2.05) is 6.07 Å². The van der Waals surface area contributed by atoms with Crippen molar-refractivity contribution in [1.82, 2.24) is 0 Å². The molecule has 0 fully saturated rings. The highest BCUT2D eigenvalue weighted by molar-refractivity contribution is 5.97. The zero-order chi connectivity index (χ0) is 18.8. The molecular weight excluding hydrogens is 334 g/mol. The van der Waals surface area contributed by atoms with Crippen molar-refractivity contribution < 1.29 is 23.7 Å². The van der Waals surface area contributed by atoms with Crippen LogP contribution >= 0.6 is 0 Å². The van der Waals surface area contributed by atoms with Crippen LogP contribution in [0.15, 0.2) is 54.1 Å². The monoisotopic (exact) mass is 353 g/mol. The van der Waals surface area contributed by atoms with E-state index in [0.29, 0.717) is 17.1 Å². The van der Waals surface area contributed by atoms with Gasteiger partial charge in [-0.05, 0) is 48.0 Å². The fourth-order valence-electron chi connectivity index (χ4n) is 2.05. The topological polar surface area (TPSA) is 77.8 Å². The Kier molecular flexibility index (Phi) is 7.07. The minimum Gasteiger partial charge on any atom is -0.497 e. The van der Waals surface area contributed by atoms with Gasteiger partial charge in [0.05, 0.1) is 14.2 Å². The summed E-state index contributed by atoms with van der Waals surface area (Å²) in [5.41, 5.74) is 0.619. The smallest absolute Gasteiger partial charge is 0.349 e. The molecule has 0 aliphatic heterocycles. The normalized spacial score (nSPS) is 10.6. The highest BCUT2D eigenvalue weighted by Gasteiger charge is 2.10. The Labute approximate surface area is 152 Å². The fourth-order valence-corrected chi connectivity index (χ4v) is 2.05. The molecular formula is C20H19NO5. The minimum atomic E-state index is -0.693. The molecule has 0 atom stereocenters. The van der Waals surface area contributed by atoms with Crippen LogP contribution < -0.4 is 14.2 Å². The van der Waals surface area contributed by atoms with Crippen LogP contribution in [-0.2, 0) is 9.53 Å². The third kappa shape index (κ3) is 5.56. The molecule has 6 nitrogen and oxygen atoms in total. The van der Waals surface area contributed by atoms with Gasteiger partial charge in [0.25, 0.3) is 0 Å². The summed E-state index contributed by atoms with van der Waals surface area (Å²) in [5, 5.41) is 9.16. The third-order valence-corrected chi connectivity index (χ3v) is 3.41. The number of nitriles is 1. The Balaban J connectivity index is 1.84. The lowest BCUT2D eigenvalue weighted by Gasteiger charge is -2.08. The van der Waals surface area contributed by atoms with E-state index in [9.17, 15) is 4.79 Å². The molecule has 2 aromatic rings. The summed E-state index contributed by atoms with van der Waals surface area (Å²) in [4.78, 5) is 12.0. The molecule has 6 heteroatoms. The van der Waals surface area contributed by atoms with Gasteiger partial charge >= 0.3 is 5.97 Å². The van der Waals surface area contributed by atoms with Crippen LogP contribution in [0.4, 0.5) is 0 Å². The molecule has 0 heterocycles. The molecule has 2 aromatic carbocycles. The van der Waals surface area contributed by atoms with Crippen molar-refractivity contribution in [1.29, 1.82) is 5.26 Å². The quantitative estimate of drug-likeness (QED) is 0.314. The summed E-state index contributed by atoms with van der Waals surface area (Å²) in [6.45, 7) is 0.214. The number of nitrogens with zero attached hydrogens (tertiary/aromatic N) is 1. The van der Waals surface area contributed by atoms with Crippen LogP contribution in [0, 0.1) is 11.3 Å². The first kappa shape index (κ1) is 18.9. The maximum Gasteiger partial charge on any atom is 0.349 e. The summed E-state index contributed by atoms with van der Waals surface area (Å²) >= 11 is 0. The van der Waals surface area contributed by atoms with E-state index in [1.165, 1.54) is 6.08 Å². The molecule has 0 bridgehead atoms. The van der Waals surface area contributed by atoms with Gasteiger partial charge in [-0.2, -0.15) is 5.26 Å². The van der Waals surface area contributed by atoms with Crippen LogP contribution in [0.25, 0.3) is 6.08 Å². The van der Waals surface area contributed by atoms with E-state index in [0.717, 1.165) is 5.75 Å². The van der Waals surface area contributed by atoms with Gasteiger partial charge in [0.1, 0.15) is 42.1 Å². The van der Waals surface area contributed by atoms with Gasteiger partial charge in [-0.15, -0.1) is 0 Å². The second kappa shape index (κ2) is 9.74. The number of carbonyl (C=O) groups excluding carboxylic acids is 1. The second-order valence-electron chi connectivity index (χ2n) is 5.10. The SMILES string of the molecule is COc1ccc(/C=C(\C#N)C(=O)OCCOc2ccc(OC)cc2)cc1. The molecule has 0 aliphatic rings. The zero-order valence-electron chi connectivity index (χ0n) is 14.6. The molecule has 0 radical (unpaired) electrons. The molecule has 2 rings (SSSR count). The number of benzene rings is 2. The number of methoxy groups -OCH3 is 2. The zero-order valence-corrected chi connectivity index (χ0v) is 14.6. The lowest BCUT2D eigenvalue weighted by atomic mass is 10.1. The van der Waals surface area contributed by atoms with E-state index in [4.69, 9.17) is 24.2 Å². The highest BCUT2D eigenvalue weighted by Crippen LogP contribution is 2.17. The number of carbonyl (C=O) groups is 1. The average molecular weight is 353 g/mol. The van der Waals surface area contributed by atoms with Gasteiger partial charge in [0.2, 0.25) is 0 Å². The molecule has 0 amide bonds. The second-order valence-corrected chi connectivity index (χ2v) is 5.10. The summed E-state index contributed by atoms with van der Waals surface area (Å²) < 4.78 is 20.7. The Morgan fingerprint density at radius 3 is 2.00 bits per heavy atom. The summed E-state index contributed by atoms with van der Waals surface area (Å²) in [6, 6.07) is 15.9. The average Bonchev–Trinajstić information content (AvgIpc) is 2.70. The first-order valence-corrected chi connectivity index (χ1v) is 7.86. The number of hydrogen-bond donors (Lipinski definition) is 0. The van der Waals surface area contributed by atoms with Crippen molar-refractivity contribution in [2.24, 2.45) is 0 Å². The lowest BCUT2D eigenvalue weighted by molar-refractivity contribution is -0.139. The lowest BCUT2D eigenvalue weighted by Crippen LogP contribution is -2.13. The predicted molar refractivity (Wildman–Crippen MR) is 96.0 cm³/mol. The minimum absolute atomic E-state index is 0.0342. The van der Waals surface area contributed by atoms with Crippen molar-refractivity contribution in [3.05, 3.63) is 59.7 Å². The Bertz CT molecular complexity index is 788. The predicted octanol–water partition coefficient (Wildman–Crippen LogP) is 3.23. The molecule has 134 valence electrons. The number of ether oxygens (including phenoxy) is 4. The van der Waals surface area contributed by atoms with Crippen molar-refractivity contribution in [2.45, 2.75) is 0 Å². The Hall–Kier alpha value is -3.46. The molecule has 0 N–H and O–H groups in total. The molecule has 0 spiro atoms. The molecule has 0 aromatic heterocycles. The maximum absolute atomic E-state index is 12.0. The molecule has 26 heavy (non-hydrogen) atoms. The third-order valence-electron chi connectivity index (χ3n) is 3.41. The maximum atomic E-state index is 12.0. The van der Waals surface area contributed by atoms with Crippen molar-refractivity contribution in [2.75, 3.05) is 27.4 Å². The van der Waals surface area contributed by atoms with E-state index < -0.39 is 5.97 Å². The van der Waals surface area contributed by atoms with Crippen LogP contribution in [0.5, 0.6) is 17.2 Å². The number of esters is 1. The van der Waals surface area contributed by atoms with Crippen LogP contribution in [-0.4, -0.2) is 33.4 Å². The van der Waals surface area contributed by atoms with Crippen molar-refractivity contribution in [3.8, 4) is 23.3 Å². The van der Waals surface area contributed by atoms with E-state index >= 15 is 0 Å². The molecule has 0 aliphatic carbocycles. The van der Waals surface area contributed by atoms with E-state index in [2.05, 4.69) is 0 Å². The van der Waals surface area contributed by atoms with Gasteiger partial charge < -0.3 is 18.9 Å². The largest absolute Gasteiger partial charge is 0.497 e. The molecule has 0 saturated heterocycles. The first-order valence-electron chi connectivity index (χ1n) is 7.86. The first-order chi connectivity index (χ1) is 12.7. The van der Waals surface area contributed by atoms with Gasteiger partial charge in [-0.25, -0.2) is 4.79 Å². The van der Waals surface area contributed by atoms with Crippen LogP contribution in [0.1, 0.15) is 5.56 Å². The highest BCUT2D eigenvalue weighted by atomic mass is 16.6.